The molecular formula is C21H13BrN2O5S2. The van der Waals surface area contributed by atoms with Crippen LogP contribution in [0.3, 0.4) is 0 Å². The fourth-order valence-electron chi connectivity index (χ4n) is 2.98. The van der Waals surface area contributed by atoms with Crippen LogP contribution in [0.4, 0.5) is 11.4 Å². The molecule has 1 fully saturated rings. The van der Waals surface area contributed by atoms with E-state index in [9.17, 15) is 14.9 Å². The third-order valence-corrected chi connectivity index (χ3v) is 6.28. The second kappa shape index (κ2) is 8.66. The van der Waals surface area contributed by atoms with Gasteiger partial charge in [-0.25, -0.2) is 0 Å². The maximum absolute atomic E-state index is 12.9. The van der Waals surface area contributed by atoms with Crippen molar-refractivity contribution in [3.8, 4) is 17.1 Å². The fraction of sp³-hybridized carbons (Fsp3) is 0.0476. The minimum atomic E-state index is -0.497. The van der Waals surface area contributed by atoms with E-state index in [-0.39, 0.29) is 11.6 Å². The topological polar surface area (TPSA) is 85.8 Å². The van der Waals surface area contributed by atoms with E-state index in [4.69, 9.17) is 21.4 Å². The van der Waals surface area contributed by atoms with E-state index in [1.54, 1.807) is 42.5 Å². The predicted octanol–water partition coefficient (Wildman–Crippen LogP) is 6.03. The predicted molar refractivity (Wildman–Crippen MR) is 127 cm³/mol. The van der Waals surface area contributed by atoms with Crippen molar-refractivity contribution < 1.29 is 18.9 Å². The highest BCUT2D eigenvalue weighted by Gasteiger charge is 2.33. The van der Waals surface area contributed by atoms with Gasteiger partial charge in [0.15, 0.2) is 4.32 Å². The van der Waals surface area contributed by atoms with Crippen molar-refractivity contribution in [1.82, 2.24) is 0 Å². The monoisotopic (exact) mass is 516 g/mol. The van der Waals surface area contributed by atoms with Crippen molar-refractivity contribution in [2.24, 2.45) is 0 Å². The van der Waals surface area contributed by atoms with E-state index < -0.39 is 4.92 Å². The second-order valence-corrected chi connectivity index (χ2v) is 8.93. The Kier molecular flexibility index (Phi) is 5.94. The van der Waals surface area contributed by atoms with Gasteiger partial charge in [-0.1, -0.05) is 39.9 Å². The SMILES string of the molecule is COc1ccc(-c2ccc(/C=C3/SC(=S)N(c4ccc(Br)cc4)C3=O)o2)c([N+](=O)[O-])c1. The molecule has 10 heteroatoms. The van der Waals surface area contributed by atoms with Crippen molar-refractivity contribution in [2.45, 2.75) is 0 Å². The molecule has 4 rings (SSSR count). The largest absolute Gasteiger partial charge is 0.497 e. The Labute approximate surface area is 195 Å². The van der Waals surface area contributed by atoms with Gasteiger partial charge in [0.2, 0.25) is 0 Å². The van der Waals surface area contributed by atoms with Crippen molar-refractivity contribution in [3.05, 3.63) is 79.8 Å². The van der Waals surface area contributed by atoms with Gasteiger partial charge in [-0.2, -0.15) is 0 Å². The summed E-state index contributed by atoms with van der Waals surface area (Å²) in [6.07, 6.45) is 1.58. The Morgan fingerprint density at radius 3 is 2.61 bits per heavy atom. The highest BCUT2D eigenvalue weighted by molar-refractivity contribution is 9.10. The lowest BCUT2D eigenvalue weighted by Gasteiger charge is -2.14. The lowest BCUT2D eigenvalue weighted by molar-refractivity contribution is -0.384. The van der Waals surface area contributed by atoms with E-state index in [2.05, 4.69) is 15.9 Å². The summed E-state index contributed by atoms with van der Waals surface area (Å²) in [6, 6.07) is 15.0. The zero-order valence-electron chi connectivity index (χ0n) is 15.9. The first-order chi connectivity index (χ1) is 14.9. The number of nitrogens with zero attached hydrogens (tertiary/aromatic N) is 2. The summed E-state index contributed by atoms with van der Waals surface area (Å²) >= 11 is 9.91. The van der Waals surface area contributed by atoms with Gasteiger partial charge in [0.05, 0.1) is 34.3 Å². The number of hydrogen-bond acceptors (Lipinski definition) is 7. The molecule has 0 aliphatic carbocycles. The summed E-state index contributed by atoms with van der Waals surface area (Å²) in [5, 5.41) is 11.4. The maximum atomic E-state index is 12.9. The number of furan rings is 1. The molecule has 0 N–H and O–H groups in total. The summed E-state index contributed by atoms with van der Waals surface area (Å²) < 4.78 is 12.2. The number of carbonyl (C=O) groups excluding carboxylic acids is 1. The van der Waals surface area contributed by atoms with Crippen LogP contribution in [0, 0.1) is 10.1 Å². The minimum absolute atomic E-state index is 0.137. The molecule has 1 saturated heterocycles. The van der Waals surface area contributed by atoms with Crippen LogP contribution in [0.5, 0.6) is 5.75 Å². The molecule has 0 spiro atoms. The highest BCUT2D eigenvalue weighted by Crippen LogP contribution is 2.38. The first-order valence-corrected chi connectivity index (χ1v) is 10.9. The summed E-state index contributed by atoms with van der Waals surface area (Å²) in [6.45, 7) is 0. The van der Waals surface area contributed by atoms with Gasteiger partial charge >= 0.3 is 0 Å². The number of anilines is 1. The molecule has 0 radical (unpaired) electrons. The summed E-state index contributed by atoms with van der Waals surface area (Å²) in [5.74, 6) is 0.810. The van der Waals surface area contributed by atoms with Gasteiger partial charge in [-0.05, 0) is 48.5 Å². The number of thiocarbonyl (C=S) groups is 1. The minimum Gasteiger partial charge on any atom is -0.497 e. The third kappa shape index (κ3) is 4.27. The molecule has 0 bridgehead atoms. The van der Waals surface area contributed by atoms with Gasteiger partial charge in [0, 0.05) is 10.5 Å². The van der Waals surface area contributed by atoms with Gasteiger partial charge in [-0.3, -0.25) is 19.8 Å². The molecule has 2 heterocycles. The zero-order valence-corrected chi connectivity index (χ0v) is 19.1. The number of halogens is 1. The number of ether oxygens (including phenoxy) is 1. The molecule has 0 atom stereocenters. The van der Waals surface area contributed by atoms with Gasteiger partial charge in [-0.15, -0.1) is 0 Å². The van der Waals surface area contributed by atoms with Crippen LogP contribution < -0.4 is 9.64 Å². The molecule has 3 aromatic rings. The first-order valence-electron chi connectivity index (χ1n) is 8.83. The second-order valence-electron chi connectivity index (χ2n) is 6.34. The number of amides is 1. The molecule has 0 saturated carbocycles. The summed E-state index contributed by atoms with van der Waals surface area (Å²) in [7, 11) is 1.44. The van der Waals surface area contributed by atoms with E-state index >= 15 is 0 Å². The Bertz CT molecular complexity index is 1240. The van der Waals surface area contributed by atoms with Crippen molar-refractivity contribution in [1.29, 1.82) is 0 Å². The molecule has 7 nitrogen and oxygen atoms in total. The lowest BCUT2D eigenvalue weighted by Crippen LogP contribution is -2.27. The maximum Gasteiger partial charge on any atom is 0.284 e. The highest BCUT2D eigenvalue weighted by atomic mass is 79.9. The number of thioether (sulfide) groups is 1. The Morgan fingerprint density at radius 1 is 1.19 bits per heavy atom. The molecule has 0 unspecified atom stereocenters. The average molecular weight is 517 g/mol. The molecule has 156 valence electrons. The number of nitro groups is 1. The van der Waals surface area contributed by atoms with Gasteiger partial charge < -0.3 is 9.15 Å². The molecule has 1 aliphatic rings. The van der Waals surface area contributed by atoms with Crippen LogP contribution in [-0.2, 0) is 4.79 Å². The molecule has 2 aromatic carbocycles. The Balaban J connectivity index is 1.63. The van der Waals surface area contributed by atoms with Crippen LogP contribution in [0.25, 0.3) is 17.4 Å². The first kappa shape index (κ1) is 21.3. The van der Waals surface area contributed by atoms with Crippen molar-refractivity contribution in [3.63, 3.8) is 0 Å². The van der Waals surface area contributed by atoms with E-state index in [0.717, 1.165) is 4.47 Å². The van der Waals surface area contributed by atoms with Crippen LogP contribution in [0.15, 0.2) is 68.4 Å². The molecule has 1 aromatic heterocycles. The number of carbonyl (C=O) groups is 1. The average Bonchev–Trinajstić information content (AvgIpc) is 3.33. The fourth-order valence-corrected chi connectivity index (χ4v) is 4.53. The van der Waals surface area contributed by atoms with Crippen molar-refractivity contribution in [2.75, 3.05) is 12.0 Å². The third-order valence-electron chi connectivity index (χ3n) is 4.45. The van der Waals surface area contributed by atoms with Gasteiger partial charge in [0.25, 0.3) is 11.6 Å². The standard InChI is InChI=1S/C21H13BrN2O5S2/c1-28-14-6-8-16(17(10-14)24(26)27)18-9-7-15(29-18)11-19-20(25)23(21(30)31-19)13-4-2-12(22)3-5-13/h2-11H,1H3/b19-11+. The van der Waals surface area contributed by atoms with Crippen LogP contribution in [0.1, 0.15) is 5.76 Å². The molecular weight excluding hydrogens is 504 g/mol. The number of methoxy groups -OCH3 is 1. The quantitative estimate of drug-likeness (QED) is 0.177. The van der Waals surface area contributed by atoms with E-state index in [1.165, 1.54) is 29.8 Å². The smallest absolute Gasteiger partial charge is 0.284 e. The van der Waals surface area contributed by atoms with E-state index in [1.807, 2.05) is 12.1 Å². The lowest BCUT2D eigenvalue weighted by atomic mass is 10.1. The Hall–Kier alpha value is -2.95. The van der Waals surface area contributed by atoms with Crippen molar-refractivity contribution >= 4 is 67.6 Å². The Morgan fingerprint density at radius 2 is 1.94 bits per heavy atom. The van der Waals surface area contributed by atoms with Gasteiger partial charge in [0.1, 0.15) is 17.3 Å². The molecule has 1 aliphatic heterocycles. The number of nitro benzene ring substituents is 1. The molecule has 1 amide bonds. The number of hydrogen-bond donors (Lipinski definition) is 0. The van der Waals surface area contributed by atoms with Crippen LogP contribution in [-0.4, -0.2) is 22.3 Å². The molecule has 31 heavy (non-hydrogen) atoms. The van der Waals surface area contributed by atoms with Crippen LogP contribution >= 0.6 is 39.9 Å². The number of benzene rings is 2. The summed E-state index contributed by atoms with van der Waals surface area (Å²) in [5.41, 5.74) is 0.845. The summed E-state index contributed by atoms with van der Waals surface area (Å²) in [4.78, 5) is 25.7. The van der Waals surface area contributed by atoms with E-state index in [0.29, 0.717) is 37.7 Å². The zero-order chi connectivity index (χ0) is 22.1. The normalized spacial score (nSPS) is 15.0. The number of rotatable bonds is 5. The van der Waals surface area contributed by atoms with Crippen LogP contribution in [0.2, 0.25) is 0 Å².